The first kappa shape index (κ1) is 15.8. The highest BCUT2D eigenvalue weighted by molar-refractivity contribution is 8.00. The second-order valence-electron chi connectivity index (χ2n) is 5.52. The number of nitrogens with one attached hydrogen (secondary N) is 1. The molecule has 8 heteroatoms. The first-order chi connectivity index (χ1) is 11.0. The number of aliphatic hydroxyl groups is 1. The second kappa shape index (κ2) is 6.21. The molecule has 0 aliphatic carbocycles. The van der Waals surface area contributed by atoms with E-state index in [-0.39, 0.29) is 30.2 Å². The maximum Gasteiger partial charge on any atom is 0.341 e. The zero-order chi connectivity index (χ0) is 16.4. The molecule has 0 saturated carbocycles. The Kier molecular flexibility index (Phi) is 4.27. The van der Waals surface area contributed by atoms with E-state index in [9.17, 15) is 19.5 Å². The number of β-lactam (4-membered cyclic amide) rings is 1. The van der Waals surface area contributed by atoms with Gasteiger partial charge in [0, 0.05) is 5.75 Å². The van der Waals surface area contributed by atoms with Gasteiger partial charge in [0.2, 0.25) is 12.3 Å². The Morgan fingerprint density at radius 1 is 1.48 bits per heavy atom. The van der Waals surface area contributed by atoms with Crippen LogP contribution in [0.3, 0.4) is 0 Å². The summed E-state index contributed by atoms with van der Waals surface area (Å²) in [4.78, 5) is 35.9. The van der Waals surface area contributed by atoms with Crippen molar-refractivity contribution in [2.45, 2.75) is 23.6 Å². The summed E-state index contributed by atoms with van der Waals surface area (Å²) >= 11 is 1.25. The van der Waals surface area contributed by atoms with Gasteiger partial charge in [-0.15, -0.1) is 11.8 Å². The number of esters is 1. The summed E-state index contributed by atoms with van der Waals surface area (Å²) in [6.07, 6.45) is 0.482. The van der Waals surface area contributed by atoms with E-state index in [1.165, 1.54) is 16.7 Å². The van der Waals surface area contributed by atoms with Gasteiger partial charge in [-0.1, -0.05) is 30.3 Å². The first-order valence-corrected chi connectivity index (χ1v) is 8.15. The van der Waals surface area contributed by atoms with E-state index in [1.54, 1.807) is 0 Å². The molecule has 7 nitrogen and oxygen atoms in total. The van der Waals surface area contributed by atoms with Crippen LogP contribution in [0.2, 0.25) is 0 Å². The van der Waals surface area contributed by atoms with Crippen LogP contribution in [0.1, 0.15) is 5.56 Å². The average molecular weight is 336 g/mol. The minimum atomic E-state index is -1.72. The number of amides is 2. The highest BCUT2D eigenvalue weighted by atomic mass is 32.2. The Hall–Kier alpha value is -2.06. The fourth-order valence-electron chi connectivity index (χ4n) is 2.64. The van der Waals surface area contributed by atoms with Gasteiger partial charge in [0.15, 0.2) is 5.60 Å². The van der Waals surface area contributed by atoms with Crippen molar-refractivity contribution in [1.29, 1.82) is 0 Å². The van der Waals surface area contributed by atoms with Gasteiger partial charge >= 0.3 is 5.97 Å². The van der Waals surface area contributed by atoms with E-state index >= 15 is 0 Å². The van der Waals surface area contributed by atoms with E-state index in [0.29, 0.717) is 6.41 Å². The largest absolute Gasteiger partial charge is 0.459 e. The topological polar surface area (TPSA) is 95.9 Å². The Morgan fingerprint density at radius 2 is 2.22 bits per heavy atom. The number of fused-ring (bicyclic) bond motifs is 1. The third kappa shape index (κ3) is 2.91. The molecule has 3 rings (SSSR count). The third-order valence-electron chi connectivity index (χ3n) is 3.91. The molecule has 2 heterocycles. The van der Waals surface area contributed by atoms with Gasteiger partial charge in [0.25, 0.3) is 0 Å². The number of hydrogen-bond acceptors (Lipinski definition) is 6. The quantitative estimate of drug-likeness (QED) is 0.427. The van der Waals surface area contributed by atoms with E-state index in [1.807, 2.05) is 30.3 Å². The zero-order valence-corrected chi connectivity index (χ0v) is 13.0. The lowest BCUT2D eigenvalue weighted by Crippen LogP contribution is -2.74. The minimum Gasteiger partial charge on any atom is -0.459 e. The maximum atomic E-state index is 12.2. The van der Waals surface area contributed by atoms with Crippen LogP contribution < -0.4 is 5.32 Å². The van der Waals surface area contributed by atoms with E-state index in [4.69, 9.17) is 4.74 Å². The van der Waals surface area contributed by atoms with E-state index < -0.39 is 17.6 Å². The number of thioether (sulfide) groups is 1. The van der Waals surface area contributed by atoms with Crippen molar-refractivity contribution in [3.05, 3.63) is 35.9 Å². The summed E-state index contributed by atoms with van der Waals surface area (Å²) in [5.74, 6) is -0.929. The summed E-state index contributed by atoms with van der Waals surface area (Å²) in [6, 6.07) is 8.57. The number of carbonyl (C=O) groups is 3. The van der Waals surface area contributed by atoms with Crippen LogP contribution >= 0.6 is 11.8 Å². The standard InChI is InChI=1S/C15H16N2O5S/c18-9-16-11-12(19)17-7-15(21,8-23-13(11)17)14(20)22-6-10-4-2-1-3-5-10/h1-5,9,11,13,21H,6-8H2,(H,16,18)/t11?,13-,15?/m1/s1. The highest BCUT2D eigenvalue weighted by Crippen LogP contribution is 2.38. The number of nitrogens with zero attached hydrogens (tertiary/aromatic N) is 1. The van der Waals surface area contributed by atoms with Crippen LogP contribution in [-0.4, -0.2) is 57.6 Å². The molecule has 0 radical (unpaired) electrons. The highest BCUT2D eigenvalue weighted by Gasteiger charge is 2.56. The fourth-order valence-corrected chi connectivity index (χ4v) is 4.04. The monoisotopic (exact) mass is 336 g/mol. The van der Waals surface area contributed by atoms with Crippen molar-refractivity contribution < 1.29 is 24.2 Å². The van der Waals surface area contributed by atoms with Crippen LogP contribution in [0.15, 0.2) is 30.3 Å². The molecule has 2 amide bonds. The Bertz CT molecular complexity index is 626. The lowest BCUT2D eigenvalue weighted by Gasteiger charge is -2.52. The van der Waals surface area contributed by atoms with E-state index in [2.05, 4.69) is 5.32 Å². The van der Waals surface area contributed by atoms with Crippen LogP contribution in [0.4, 0.5) is 0 Å². The second-order valence-corrected chi connectivity index (χ2v) is 6.63. The predicted octanol–water partition coefficient (Wildman–Crippen LogP) is -0.509. The third-order valence-corrected chi connectivity index (χ3v) is 5.42. The molecular weight excluding hydrogens is 320 g/mol. The molecule has 1 aromatic rings. The Morgan fingerprint density at radius 3 is 2.91 bits per heavy atom. The van der Waals surface area contributed by atoms with Gasteiger partial charge in [-0.3, -0.25) is 9.59 Å². The van der Waals surface area contributed by atoms with Crippen molar-refractivity contribution >= 4 is 30.0 Å². The summed E-state index contributed by atoms with van der Waals surface area (Å²) in [5.41, 5.74) is -0.904. The normalized spacial score (nSPS) is 29.3. The molecule has 2 aliphatic heterocycles. The maximum absolute atomic E-state index is 12.2. The van der Waals surface area contributed by atoms with Crippen molar-refractivity contribution in [3.63, 3.8) is 0 Å². The van der Waals surface area contributed by atoms with Gasteiger partial charge in [-0.25, -0.2) is 4.79 Å². The summed E-state index contributed by atoms with van der Waals surface area (Å²) in [5, 5.41) is 12.7. The molecule has 0 aromatic heterocycles. The molecule has 0 bridgehead atoms. The smallest absolute Gasteiger partial charge is 0.341 e. The summed E-state index contributed by atoms with van der Waals surface area (Å²) < 4.78 is 5.18. The van der Waals surface area contributed by atoms with Crippen LogP contribution in [-0.2, 0) is 25.7 Å². The molecule has 3 atom stereocenters. The molecule has 0 spiro atoms. The van der Waals surface area contributed by atoms with Gasteiger partial charge in [-0.2, -0.15) is 0 Å². The minimum absolute atomic E-state index is 0.0688. The zero-order valence-electron chi connectivity index (χ0n) is 12.2. The van der Waals surface area contributed by atoms with Crippen LogP contribution in [0.5, 0.6) is 0 Å². The number of carbonyl (C=O) groups excluding carboxylic acids is 3. The molecule has 122 valence electrons. The SMILES string of the molecule is O=CNC1C(=O)N2CC(O)(C(=O)OCc3ccccc3)CS[C@H]12. The lowest BCUT2D eigenvalue weighted by atomic mass is 10.00. The van der Waals surface area contributed by atoms with Gasteiger partial charge in [0.1, 0.15) is 18.0 Å². The molecule has 1 aromatic carbocycles. The Balaban J connectivity index is 1.59. The van der Waals surface area contributed by atoms with Gasteiger partial charge in [0.05, 0.1) is 6.54 Å². The number of rotatable bonds is 5. The van der Waals surface area contributed by atoms with Crippen molar-refractivity contribution in [2.75, 3.05) is 12.3 Å². The number of ether oxygens (including phenoxy) is 1. The lowest BCUT2D eigenvalue weighted by molar-refractivity contribution is -0.172. The molecule has 2 N–H and O–H groups in total. The first-order valence-electron chi connectivity index (χ1n) is 7.10. The predicted molar refractivity (Wildman–Crippen MR) is 82.1 cm³/mol. The molecule has 2 fully saturated rings. The fraction of sp³-hybridized carbons (Fsp3) is 0.400. The molecular formula is C15H16N2O5S. The van der Waals surface area contributed by atoms with Crippen molar-refractivity contribution in [2.24, 2.45) is 0 Å². The van der Waals surface area contributed by atoms with Gasteiger partial charge in [-0.05, 0) is 5.56 Å². The van der Waals surface area contributed by atoms with E-state index in [0.717, 1.165) is 5.56 Å². The van der Waals surface area contributed by atoms with Crippen molar-refractivity contribution in [3.8, 4) is 0 Å². The number of benzene rings is 1. The van der Waals surface area contributed by atoms with Crippen molar-refractivity contribution in [1.82, 2.24) is 10.2 Å². The Labute approximate surface area is 137 Å². The molecule has 2 aliphatic rings. The molecule has 2 unspecified atom stereocenters. The number of hydrogen-bond donors (Lipinski definition) is 2. The molecule has 23 heavy (non-hydrogen) atoms. The van der Waals surface area contributed by atoms with Gasteiger partial charge < -0.3 is 20.1 Å². The summed E-state index contributed by atoms with van der Waals surface area (Å²) in [6.45, 7) is -0.0481. The van der Waals surface area contributed by atoms with Crippen LogP contribution in [0.25, 0.3) is 0 Å². The summed E-state index contributed by atoms with van der Waals surface area (Å²) in [7, 11) is 0. The molecule has 2 saturated heterocycles. The average Bonchev–Trinajstić information content (AvgIpc) is 2.58. The van der Waals surface area contributed by atoms with Crippen LogP contribution in [0, 0.1) is 0 Å².